The van der Waals surface area contributed by atoms with E-state index < -0.39 is 17.7 Å². The number of nitrogens with zero attached hydrogens (tertiary/aromatic N) is 1. The van der Waals surface area contributed by atoms with Gasteiger partial charge in [0.25, 0.3) is 0 Å². The Balaban J connectivity index is 2.41. The highest BCUT2D eigenvalue weighted by Crippen LogP contribution is 2.21. The van der Waals surface area contributed by atoms with Crippen molar-refractivity contribution in [2.45, 2.75) is 0 Å². The van der Waals surface area contributed by atoms with Crippen LogP contribution in [-0.2, 0) is 9.59 Å². The largest absolute Gasteiger partial charge is 0.474 e. The first-order valence-corrected chi connectivity index (χ1v) is 4.25. The second-order valence-corrected chi connectivity index (χ2v) is 3.01. The number of hydrogen-bond acceptors (Lipinski definition) is 3. The zero-order valence-electron chi connectivity index (χ0n) is 7.82. The average molecular weight is 223 g/mol. The van der Waals surface area contributed by atoms with Gasteiger partial charge in [0.1, 0.15) is 11.5 Å². The molecule has 16 heavy (non-hydrogen) atoms. The minimum absolute atomic E-state index is 0.175. The van der Waals surface area contributed by atoms with Crippen LogP contribution in [0.15, 0.2) is 18.5 Å². The van der Waals surface area contributed by atoms with Crippen molar-refractivity contribution in [2.75, 3.05) is 5.32 Å². The van der Waals surface area contributed by atoms with Crippen molar-refractivity contribution in [2.24, 2.45) is 0 Å². The van der Waals surface area contributed by atoms with E-state index in [1.165, 1.54) is 6.20 Å². The highest BCUT2D eigenvalue weighted by molar-refractivity contribution is 6.37. The lowest BCUT2D eigenvalue weighted by Gasteiger charge is -1.98. The van der Waals surface area contributed by atoms with Gasteiger partial charge < -0.3 is 15.4 Å². The first-order valence-electron chi connectivity index (χ1n) is 4.25. The number of H-pyrrole nitrogens is 1. The molecule has 2 heterocycles. The molecule has 82 valence electrons. The number of aromatic nitrogens is 2. The maximum Gasteiger partial charge on any atom is 0.394 e. The summed E-state index contributed by atoms with van der Waals surface area (Å²) in [5.41, 5.74) is 0.538. The number of aromatic amines is 1. The molecule has 2 rings (SSSR count). The SMILES string of the molecule is O=C(O)C(=O)Nc1c[nH]c2ncc(F)cc12. The molecular formula is C9H6FN3O3. The average Bonchev–Trinajstić information content (AvgIpc) is 2.61. The minimum Gasteiger partial charge on any atom is -0.474 e. The number of rotatable bonds is 1. The minimum atomic E-state index is -1.61. The van der Waals surface area contributed by atoms with Crippen LogP contribution in [0.1, 0.15) is 0 Å². The molecule has 0 aromatic carbocycles. The molecule has 2 aromatic heterocycles. The molecule has 6 nitrogen and oxygen atoms in total. The highest BCUT2D eigenvalue weighted by atomic mass is 19.1. The van der Waals surface area contributed by atoms with Crippen molar-refractivity contribution < 1.29 is 19.1 Å². The van der Waals surface area contributed by atoms with Crippen LogP contribution in [0.2, 0.25) is 0 Å². The first kappa shape index (κ1) is 10.1. The molecule has 0 atom stereocenters. The van der Waals surface area contributed by atoms with Gasteiger partial charge in [-0.1, -0.05) is 0 Å². The molecule has 0 aliphatic carbocycles. The fourth-order valence-electron chi connectivity index (χ4n) is 1.26. The van der Waals surface area contributed by atoms with Gasteiger partial charge in [-0.3, -0.25) is 4.79 Å². The van der Waals surface area contributed by atoms with Crippen molar-refractivity contribution in [3.63, 3.8) is 0 Å². The fraction of sp³-hybridized carbons (Fsp3) is 0. The van der Waals surface area contributed by atoms with Crippen LogP contribution >= 0.6 is 0 Å². The number of halogens is 1. The maximum absolute atomic E-state index is 12.9. The van der Waals surface area contributed by atoms with Crippen molar-refractivity contribution in [3.8, 4) is 0 Å². The number of fused-ring (bicyclic) bond motifs is 1. The fourth-order valence-corrected chi connectivity index (χ4v) is 1.26. The Bertz CT molecular complexity index is 578. The molecule has 0 aliphatic rings. The van der Waals surface area contributed by atoms with Gasteiger partial charge in [0.15, 0.2) is 0 Å². The van der Waals surface area contributed by atoms with Crippen LogP contribution in [0.3, 0.4) is 0 Å². The van der Waals surface area contributed by atoms with Crippen LogP contribution in [0.4, 0.5) is 10.1 Å². The molecule has 0 saturated heterocycles. The van der Waals surface area contributed by atoms with Crippen LogP contribution in [0.5, 0.6) is 0 Å². The van der Waals surface area contributed by atoms with E-state index in [2.05, 4.69) is 15.3 Å². The summed E-state index contributed by atoms with van der Waals surface area (Å²) in [5.74, 6) is -3.37. The first-order chi connectivity index (χ1) is 7.58. The summed E-state index contributed by atoms with van der Waals surface area (Å²) in [6, 6.07) is 1.15. The number of carboxylic acid groups (broad SMARTS) is 1. The summed E-state index contributed by atoms with van der Waals surface area (Å²) in [6.07, 6.45) is 2.36. The molecule has 0 radical (unpaired) electrons. The third-order valence-electron chi connectivity index (χ3n) is 1.94. The molecule has 3 N–H and O–H groups in total. The molecule has 0 unspecified atom stereocenters. The van der Waals surface area contributed by atoms with Crippen molar-refractivity contribution in [1.82, 2.24) is 9.97 Å². The summed E-state index contributed by atoms with van der Waals surface area (Å²) in [6.45, 7) is 0. The molecule has 7 heteroatoms. The summed E-state index contributed by atoms with van der Waals surface area (Å²) in [5, 5.41) is 10.8. The van der Waals surface area contributed by atoms with Crippen molar-refractivity contribution in [1.29, 1.82) is 0 Å². The van der Waals surface area contributed by atoms with E-state index in [1.807, 2.05) is 0 Å². The Kier molecular flexibility index (Phi) is 2.28. The molecule has 1 amide bonds. The van der Waals surface area contributed by atoms with Crippen molar-refractivity contribution >= 4 is 28.6 Å². The van der Waals surface area contributed by atoms with Gasteiger partial charge in [-0.2, -0.15) is 0 Å². The summed E-state index contributed by atoms with van der Waals surface area (Å²) in [7, 11) is 0. The second kappa shape index (κ2) is 3.61. The number of carbonyl (C=O) groups is 2. The zero-order valence-corrected chi connectivity index (χ0v) is 7.82. The standard InChI is InChI=1S/C9H6FN3O3/c10-4-1-5-6(13-8(14)9(15)16)3-12-7(5)11-2-4/h1-3H,(H,11,12)(H,13,14)(H,15,16). The second-order valence-electron chi connectivity index (χ2n) is 3.01. The van der Waals surface area contributed by atoms with E-state index in [4.69, 9.17) is 5.11 Å². The number of aliphatic carboxylic acids is 1. The Morgan fingerprint density at radius 2 is 2.25 bits per heavy atom. The lowest BCUT2D eigenvalue weighted by Crippen LogP contribution is -2.21. The van der Waals surface area contributed by atoms with Gasteiger partial charge in [0.05, 0.1) is 11.9 Å². The van der Waals surface area contributed by atoms with Crippen LogP contribution < -0.4 is 5.32 Å². The predicted octanol–water partition coefficient (Wildman–Crippen LogP) is 0.725. The van der Waals surface area contributed by atoms with Crippen LogP contribution in [0, 0.1) is 5.82 Å². The quantitative estimate of drug-likeness (QED) is 0.621. The van der Waals surface area contributed by atoms with Gasteiger partial charge in [-0.25, -0.2) is 14.2 Å². The van der Waals surface area contributed by atoms with Gasteiger partial charge in [-0.15, -0.1) is 0 Å². The summed E-state index contributed by atoms with van der Waals surface area (Å²) >= 11 is 0. The van der Waals surface area contributed by atoms with Crippen LogP contribution in [-0.4, -0.2) is 27.0 Å². The molecule has 0 fully saturated rings. The Hall–Kier alpha value is -2.44. The Morgan fingerprint density at radius 1 is 1.50 bits per heavy atom. The number of carbonyl (C=O) groups excluding carboxylic acids is 1. The topological polar surface area (TPSA) is 95.1 Å². The van der Waals surface area contributed by atoms with E-state index in [1.54, 1.807) is 0 Å². The number of amides is 1. The van der Waals surface area contributed by atoms with Crippen LogP contribution in [0.25, 0.3) is 11.0 Å². The number of pyridine rings is 1. The van der Waals surface area contributed by atoms with Crippen molar-refractivity contribution in [3.05, 3.63) is 24.3 Å². The number of anilines is 1. The summed E-state index contributed by atoms with van der Waals surface area (Å²) < 4.78 is 12.9. The normalized spacial score (nSPS) is 10.3. The predicted molar refractivity (Wildman–Crippen MR) is 52.3 cm³/mol. The molecular weight excluding hydrogens is 217 g/mol. The summed E-state index contributed by atoms with van der Waals surface area (Å²) in [4.78, 5) is 27.6. The van der Waals surface area contributed by atoms with Gasteiger partial charge in [0, 0.05) is 11.6 Å². The van der Waals surface area contributed by atoms with E-state index in [0.717, 1.165) is 12.3 Å². The maximum atomic E-state index is 12.9. The third-order valence-corrected chi connectivity index (χ3v) is 1.94. The monoisotopic (exact) mass is 223 g/mol. The molecule has 0 saturated carbocycles. The number of nitrogens with one attached hydrogen (secondary N) is 2. The molecule has 0 aliphatic heterocycles. The van der Waals surface area contributed by atoms with E-state index in [0.29, 0.717) is 11.0 Å². The Labute approximate surface area is 88.1 Å². The van der Waals surface area contributed by atoms with E-state index >= 15 is 0 Å². The van der Waals surface area contributed by atoms with E-state index in [9.17, 15) is 14.0 Å². The highest BCUT2D eigenvalue weighted by Gasteiger charge is 2.14. The molecule has 0 bridgehead atoms. The van der Waals surface area contributed by atoms with E-state index in [-0.39, 0.29) is 5.69 Å². The lowest BCUT2D eigenvalue weighted by molar-refractivity contribution is -0.147. The van der Waals surface area contributed by atoms with Gasteiger partial charge in [0.2, 0.25) is 0 Å². The zero-order chi connectivity index (χ0) is 11.7. The number of hydrogen-bond donors (Lipinski definition) is 3. The molecule has 0 spiro atoms. The van der Waals surface area contributed by atoms with Gasteiger partial charge >= 0.3 is 11.9 Å². The smallest absolute Gasteiger partial charge is 0.394 e. The van der Waals surface area contributed by atoms with Gasteiger partial charge in [-0.05, 0) is 6.07 Å². The third kappa shape index (κ3) is 1.70. The number of carboxylic acids is 1. The molecule has 2 aromatic rings. The Morgan fingerprint density at radius 3 is 2.94 bits per heavy atom. The lowest BCUT2D eigenvalue weighted by atomic mass is 10.3.